The monoisotopic (exact) mass is 350 g/mol. The number of unbranched alkanes of at least 4 members (excludes halogenated alkanes) is 1. The fraction of sp³-hybridized carbons (Fsp3) is 0.500. The molecule has 1 unspecified atom stereocenters. The Kier molecular flexibility index (Phi) is 7.11. The summed E-state index contributed by atoms with van der Waals surface area (Å²) in [6.45, 7) is 5.60. The number of esters is 2. The zero-order chi connectivity index (χ0) is 19.2. The van der Waals surface area contributed by atoms with Gasteiger partial charge in [-0.2, -0.15) is 0 Å². The highest BCUT2D eigenvalue weighted by Crippen LogP contribution is 2.21. The van der Waals surface area contributed by atoms with Gasteiger partial charge in [-0.25, -0.2) is 9.59 Å². The van der Waals surface area contributed by atoms with Crippen molar-refractivity contribution in [1.29, 1.82) is 0 Å². The quantitative estimate of drug-likeness (QED) is 0.412. The van der Waals surface area contributed by atoms with Crippen molar-refractivity contribution in [3.63, 3.8) is 0 Å². The third-order valence-electron chi connectivity index (χ3n) is 3.97. The number of hydrogen-bond donors (Lipinski definition) is 2. The molecule has 1 aromatic rings. The van der Waals surface area contributed by atoms with E-state index in [1.54, 1.807) is 26.0 Å². The van der Waals surface area contributed by atoms with E-state index in [0.717, 1.165) is 13.5 Å². The van der Waals surface area contributed by atoms with Crippen molar-refractivity contribution in [1.82, 2.24) is 0 Å². The maximum atomic E-state index is 12.4. The van der Waals surface area contributed by atoms with Crippen LogP contribution in [0.15, 0.2) is 12.1 Å². The molecule has 7 nitrogen and oxygen atoms in total. The van der Waals surface area contributed by atoms with Gasteiger partial charge >= 0.3 is 11.9 Å². The lowest BCUT2D eigenvalue weighted by Gasteiger charge is -2.25. The second-order valence-corrected chi connectivity index (χ2v) is 6.10. The molecule has 1 amide bonds. The molecule has 0 heterocycles. The molecule has 0 bridgehead atoms. The number of methoxy groups -OCH3 is 1. The fourth-order valence-corrected chi connectivity index (χ4v) is 2.71. The smallest absolute Gasteiger partial charge is 0.338 e. The molecule has 4 N–H and O–H groups in total. The summed E-state index contributed by atoms with van der Waals surface area (Å²) in [5.41, 5.74) is 11.8. The first-order valence-electron chi connectivity index (χ1n) is 8.11. The Morgan fingerprint density at radius 1 is 1.12 bits per heavy atom. The lowest BCUT2D eigenvalue weighted by molar-refractivity contribution is -0.163. The van der Waals surface area contributed by atoms with Crippen molar-refractivity contribution in [3.05, 3.63) is 34.4 Å². The Bertz CT molecular complexity index is 648. The van der Waals surface area contributed by atoms with Crippen LogP contribution in [0.25, 0.3) is 0 Å². The fourth-order valence-electron chi connectivity index (χ4n) is 2.71. The van der Waals surface area contributed by atoms with Gasteiger partial charge in [0.2, 0.25) is 11.4 Å². The van der Waals surface area contributed by atoms with Crippen LogP contribution in [0.3, 0.4) is 0 Å². The summed E-state index contributed by atoms with van der Waals surface area (Å²) in [7, 11) is 1.16. The van der Waals surface area contributed by atoms with Gasteiger partial charge in [0, 0.05) is 12.0 Å². The van der Waals surface area contributed by atoms with E-state index in [9.17, 15) is 14.4 Å². The van der Waals surface area contributed by atoms with E-state index in [0.29, 0.717) is 28.7 Å². The highest BCUT2D eigenvalue weighted by Gasteiger charge is 2.45. The molecule has 138 valence electrons. The van der Waals surface area contributed by atoms with E-state index in [2.05, 4.69) is 0 Å². The molecule has 0 aliphatic rings. The van der Waals surface area contributed by atoms with Crippen molar-refractivity contribution in [3.8, 4) is 0 Å². The summed E-state index contributed by atoms with van der Waals surface area (Å²) in [4.78, 5) is 36.0. The topological polar surface area (TPSA) is 122 Å². The van der Waals surface area contributed by atoms with Gasteiger partial charge in [-0.15, -0.1) is 0 Å². The molecule has 7 heteroatoms. The van der Waals surface area contributed by atoms with E-state index in [1.165, 1.54) is 0 Å². The van der Waals surface area contributed by atoms with Crippen LogP contribution in [-0.2, 0) is 25.5 Å². The summed E-state index contributed by atoms with van der Waals surface area (Å²) in [5, 5.41) is 0. The number of rotatable bonds is 8. The summed E-state index contributed by atoms with van der Waals surface area (Å²) in [5.74, 6) is -2.24. The Labute approximate surface area is 147 Å². The van der Waals surface area contributed by atoms with Crippen molar-refractivity contribution < 1.29 is 23.9 Å². The average molecular weight is 350 g/mol. The van der Waals surface area contributed by atoms with Crippen LogP contribution < -0.4 is 11.5 Å². The predicted octanol–water partition coefficient (Wildman–Crippen LogP) is 1.16. The average Bonchev–Trinajstić information content (AvgIpc) is 2.52. The van der Waals surface area contributed by atoms with Gasteiger partial charge in [0.1, 0.15) is 0 Å². The molecule has 1 rings (SSSR count). The summed E-state index contributed by atoms with van der Waals surface area (Å²) in [6.07, 6.45) is 1.41. The third-order valence-corrected chi connectivity index (χ3v) is 3.97. The number of nitrogens with two attached hydrogens (primary N) is 2. The SMILES string of the molecule is CCCCOC(=O)C(N)(Cc1cc(C)c(C(N)=O)c(C)c1)C(=O)OC. The van der Waals surface area contributed by atoms with Gasteiger partial charge in [-0.1, -0.05) is 25.5 Å². The number of carbonyl (C=O) groups is 3. The van der Waals surface area contributed by atoms with Crippen LogP contribution in [0.4, 0.5) is 0 Å². The van der Waals surface area contributed by atoms with Crippen LogP contribution in [-0.4, -0.2) is 37.1 Å². The molecular weight excluding hydrogens is 324 g/mol. The van der Waals surface area contributed by atoms with Gasteiger partial charge in [0.25, 0.3) is 0 Å². The lowest BCUT2D eigenvalue weighted by Crippen LogP contribution is -2.58. The highest BCUT2D eigenvalue weighted by molar-refractivity contribution is 6.05. The van der Waals surface area contributed by atoms with Crippen molar-refractivity contribution in [2.45, 2.75) is 45.6 Å². The Hall–Kier alpha value is -2.41. The maximum Gasteiger partial charge on any atom is 0.338 e. The molecule has 0 radical (unpaired) electrons. The molecule has 1 atom stereocenters. The van der Waals surface area contributed by atoms with Crippen molar-refractivity contribution in [2.75, 3.05) is 13.7 Å². The van der Waals surface area contributed by atoms with E-state index >= 15 is 0 Å². The molecule has 0 aliphatic carbocycles. The second-order valence-electron chi connectivity index (χ2n) is 6.10. The number of amides is 1. The van der Waals surface area contributed by atoms with Crippen LogP contribution >= 0.6 is 0 Å². The molecule has 0 saturated heterocycles. The minimum Gasteiger partial charge on any atom is -0.467 e. The molecule has 0 saturated carbocycles. The number of carbonyl (C=O) groups excluding carboxylic acids is 3. The minimum absolute atomic E-state index is 0.106. The van der Waals surface area contributed by atoms with Crippen LogP contribution in [0.1, 0.15) is 46.8 Å². The Balaban J connectivity index is 3.16. The summed E-state index contributed by atoms with van der Waals surface area (Å²) in [6, 6.07) is 3.36. The maximum absolute atomic E-state index is 12.4. The highest BCUT2D eigenvalue weighted by atomic mass is 16.6. The first-order chi connectivity index (χ1) is 11.7. The molecule has 1 aromatic carbocycles. The number of primary amides is 1. The minimum atomic E-state index is -1.95. The summed E-state index contributed by atoms with van der Waals surface area (Å²) >= 11 is 0. The van der Waals surface area contributed by atoms with E-state index in [1.807, 2.05) is 6.92 Å². The van der Waals surface area contributed by atoms with E-state index < -0.39 is 23.4 Å². The predicted molar refractivity (Wildman–Crippen MR) is 92.9 cm³/mol. The molecule has 0 spiro atoms. The van der Waals surface area contributed by atoms with E-state index in [-0.39, 0.29) is 13.0 Å². The van der Waals surface area contributed by atoms with Crippen LogP contribution in [0.2, 0.25) is 0 Å². The summed E-state index contributed by atoms with van der Waals surface area (Å²) < 4.78 is 9.82. The number of ether oxygens (including phenoxy) is 2. The number of hydrogen-bond acceptors (Lipinski definition) is 6. The van der Waals surface area contributed by atoms with Gasteiger partial charge in [-0.3, -0.25) is 4.79 Å². The van der Waals surface area contributed by atoms with Gasteiger partial charge in [0.05, 0.1) is 13.7 Å². The molecule has 0 fully saturated rings. The van der Waals surface area contributed by atoms with Crippen molar-refractivity contribution >= 4 is 17.8 Å². The van der Waals surface area contributed by atoms with Gasteiger partial charge in [-0.05, 0) is 37.0 Å². The normalized spacial score (nSPS) is 13.0. The van der Waals surface area contributed by atoms with Gasteiger partial charge in [0.15, 0.2) is 0 Å². The zero-order valence-corrected chi connectivity index (χ0v) is 15.2. The Morgan fingerprint density at radius 3 is 2.12 bits per heavy atom. The second kappa shape index (κ2) is 8.62. The zero-order valence-electron chi connectivity index (χ0n) is 15.2. The third kappa shape index (κ3) is 4.79. The Morgan fingerprint density at radius 2 is 1.68 bits per heavy atom. The van der Waals surface area contributed by atoms with Crippen molar-refractivity contribution in [2.24, 2.45) is 11.5 Å². The largest absolute Gasteiger partial charge is 0.467 e. The van der Waals surface area contributed by atoms with E-state index in [4.69, 9.17) is 20.9 Å². The first kappa shape index (κ1) is 20.6. The lowest BCUT2D eigenvalue weighted by atomic mass is 9.88. The molecular formula is C18H26N2O5. The molecule has 0 aliphatic heterocycles. The first-order valence-corrected chi connectivity index (χ1v) is 8.11. The standard InChI is InChI=1S/C18H26N2O5/c1-5-6-7-25-17(23)18(20,16(22)24-4)10-13-8-11(2)14(15(19)21)12(3)9-13/h8-9H,5-7,10,20H2,1-4H3,(H2,19,21). The number of benzene rings is 1. The van der Waals surface area contributed by atoms with Crippen LogP contribution in [0.5, 0.6) is 0 Å². The van der Waals surface area contributed by atoms with Crippen LogP contribution in [0, 0.1) is 13.8 Å². The molecule has 0 aromatic heterocycles. The molecule has 25 heavy (non-hydrogen) atoms. The van der Waals surface area contributed by atoms with Gasteiger partial charge < -0.3 is 20.9 Å². The number of aryl methyl sites for hydroxylation is 2.